The van der Waals surface area contributed by atoms with Crippen molar-refractivity contribution in [3.05, 3.63) is 98.7 Å². The zero-order valence-corrected chi connectivity index (χ0v) is 17.8. The van der Waals surface area contributed by atoms with Crippen molar-refractivity contribution in [2.24, 2.45) is 0 Å². The smallest absolute Gasteiger partial charge is 0.258 e. The minimum absolute atomic E-state index is 0.0953. The fourth-order valence-electron chi connectivity index (χ4n) is 3.91. The van der Waals surface area contributed by atoms with Gasteiger partial charge in [0.2, 0.25) is 5.91 Å². The number of amides is 1. The SMILES string of the molecule is Cc1nc2c(c(=O)n1CC(=O)NCc1ccc(F)cc1F)CN(Cc1ccccc1)CC2. The van der Waals surface area contributed by atoms with Gasteiger partial charge in [0, 0.05) is 44.2 Å². The van der Waals surface area contributed by atoms with Crippen LogP contribution in [0, 0.1) is 18.6 Å². The molecule has 2 heterocycles. The van der Waals surface area contributed by atoms with Crippen molar-refractivity contribution in [1.29, 1.82) is 0 Å². The molecule has 2 aromatic carbocycles. The summed E-state index contributed by atoms with van der Waals surface area (Å²) in [5.41, 5.74) is 2.50. The van der Waals surface area contributed by atoms with E-state index >= 15 is 0 Å². The predicted octanol–water partition coefficient (Wildman–Crippen LogP) is 2.70. The third kappa shape index (κ3) is 4.91. The minimum Gasteiger partial charge on any atom is -0.350 e. The van der Waals surface area contributed by atoms with Gasteiger partial charge in [-0.3, -0.25) is 19.1 Å². The number of hydrogen-bond donors (Lipinski definition) is 1. The second kappa shape index (κ2) is 9.40. The molecule has 1 aliphatic heterocycles. The summed E-state index contributed by atoms with van der Waals surface area (Å²) in [5, 5.41) is 2.58. The number of hydrogen-bond acceptors (Lipinski definition) is 4. The molecule has 0 spiro atoms. The quantitative estimate of drug-likeness (QED) is 0.643. The molecule has 0 aliphatic carbocycles. The lowest BCUT2D eigenvalue weighted by Crippen LogP contribution is -2.40. The first-order valence-electron chi connectivity index (χ1n) is 10.5. The molecule has 0 radical (unpaired) electrons. The molecule has 0 saturated heterocycles. The fraction of sp³-hybridized carbons (Fsp3) is 0.292. The normalized spacial score (nSPS) is 13.6. The highest BCUT2D eigenvalue weighted by molar-refractivity contribution is 5.75. The highest BCUT2D eigenvalue weighted by Crippen LogP contribution is 2.17. The Balaban J connectivity index is 1.46. The van der Waals surface area contributed by atoms with Crippen molar-refractivity contribution < 1.29 is 13.6 Å². The first kappa shape index (κ1) is 21.8. The van der Waals surface area contributed by atoms with Gasteiger partial charge in [-0.05, 0) is 18.6 Å². The third-order valence-electron chi connectivity index (χ3n) is 5.63. The van der Waals surface area contributed by atoms with Crippen LogP contribution in [0.15, 0.2) is 53.3 Å². The molecule has 3 aromatic rings. The molecule has 1 amide bonds. The van der Waals surface area contributed by atoms with E-state index in [2.05, 4.69) is 27.3 Å². The molecule has 4 rings (SSSR count). The van der Waals surface area contributed by atoms with E-state index < -0.39 is 17.5 Å². The molecule has 1 N–H and O–H groups in total. The summed E-state index contributed by atoms with van der Waals surface area (Å²) >= 11 is 0. The molecule has 0 saturated carbocycles. The third-order valence-corrected chi connectivity index (χ3v) is 5.63. The number of halogens is 2. The second-order valence-corrected chi connectivity index (χ2v) is 7.93. The fourth-order valence-corrected chi connectivity index (χ4v) is 3.91. The first-order chi connectivity index (χ1) is 15.4. The number of aryl methyl sites for hydroxylation is 1. The van der Waals surface area contributed by atoms with Gasteiger partial charge < -0.3 is 5.32 Å². The molecule has 0 unspecified atom stereocenters. The molecule has 8 heteroatoms. The molecule has 1 aromatic heterocycles. The summed E-state index contributed by atoms with van der Waals surface area (Å²) in [5.74, 6) is -1.39. The van der Waals surface area contributed by atoms with Gasteiger partial charge in [0.05, 0.1) is 11.3 Å². The molecular formula is C24H24F2N4O2. The van der Waals surface area contributed by atoms with Gasteiger partial charge in [-0.15, -0.1) is 0 Å². The topological polar surface area (TPSA) is 67.2 Å². The van der Waals surface area contributed by atoms with Gasteiger partial charge in [-0.25, -0.2) is 13.8 Å². The lowest BCUT2D eigenvalue weighted by molar-refractivity contribution is -0.121. The van der Waals surface area contributed by atoms with Gasteiger partial charge in [0.15, 0.2) is 0 Å². The van der Waals surface area contributed by atoms with Crippen LogP contribution in [0.25, 0.3) is 0 Å². The number of nitrogens with zero attached hydrogens (tertiary/aromatic N) is 3. The van der Waals surface area contributed by atoms with Crippen LogP contribution in [0.3, 0.4) is 0 Å². The molecule has 32 heavy (non-hydrogen) atoms. The van der Waals surface area contributed by atoms with E-state index in [-0.39, 0.29) is 24.2 Å². The van der Waals surface area contributed by atoms with Gasteiger partial charge in [0.25, 0.3) is 5.56 Å². The van der Waals surface area contributed by atoms with Crippen LogP contribution in [0.5, 0.6) is 0 Å². The Morgan fingerprint density at radius 3 is 2.69 bits per heavy atom. The van der Waals surface area contributed by atoms with Gasteiger partial charge in [-0.2, -0.15) is 0 Å². The zero-order valence-electron chi connectivity index (χ0n) is 17.8. The van der Waals surface area contributed by atoms with Crippen LogP contribution >= 0.6 is 0 Å². The van der Waals surface area contributed by atoms with E-state index in [0.717, 1.165) is 30.9 Å². The standard InChI is InChI=1S/C24H24F2N4O2/c1-16-28-22-9-10-29(13-17-5-3-2-4-6-17)14-20(22)24(32)30(16)15-23(31)27-12-18-7-8-19(25)11-21(18)26/h2-8,11H,9-10,12-15H2,1H3,(H,27,31). The van der Waals surface area contributed by atoms with Crippen LogP contribution in [0.1, 0.15) is 28.2 Å². The summed E-state index contributed by atoms with van der Waals surface area (Å²) in [6, 6.07) is 13.2. The Kier molecular flexibility index (Phi) is 6.41. The number of fused-ring (bicyclic) bond motifs is 1. The Morgan fingerprint density at radius 1 is 1.16 bits per heavy atom. The van der Waals surface area contributed by atoms with Gasteiger partial charge >= 0.3 is 0 Å². The molecular weight excluding hydrogens is 414 g/mol. The zero-order chi connectivity index (χ0) is 22.7. The summed E-state index contributed by atoms with van der Waals surface area (Å²) in [6.07, 6.45) is 0.676. The van der Waals surface area contributed by atoms with Crippen molar-refractivity contribution in [2.45, 2.75) is 39.5 Å². The average Bonchev–Trinajstić information content (AvgIpc) is 2.77. The first-order valence-corrected chi connectivity index (χ1v) is 10.5. The van der Waals surface area contributed by atoms with E-state index in [4.69, 9.17) is 0 Å². The number of carbonyl (C=O) groups excluding carboxylic acids is 1. The molecule has 0 atom stereocenters. The Morgan fingerprint density at radius 2 is 1.94 bits per heavy atom. The van der Waals surface area contributed by atoms with Crippen LogP contribution in [-0.2, 0) is 37.4 Å². The molecule has 0 fully saturated rings. The van der Waals surface area contributed by atoms with E-state index in [1.54, 1.807) is 6.92 Å². The van der Waals surface area contributed by atoms with Crippen LogP contribution in [0.4, 0.5) is 8.78 Å². The minimum atomic E-state index is -0.729. The summed E-state index contributed by atoms with van der Waals surface area (Å²) < 4.78 is 28.2. The summed E-state index contributed by atoms with van der Waals surface area (Å²) in [7, 11) is 0. The maximum Gasteiger partial charge on any atom is 0.258 e. The number of nitrogens with one attached hydrogen (secondary N) is 1. The monoisotopic (exact) mass is 438 g/mol. The van der Waals surface area contributed by atoms with E-state index in [9.17, 15) is 18.4 Å². The van der Waals surface area contributed by atoms with Crippen LogP contribution < -0.4 is 10.9 Å². The van der Waals surface area contributed by atoms with Crippen molar-refractivity contribution in [3.63, 3.8) is 0 Å². The lowest BCUT2D eigenvalue weighted by Gasteiger charge is -2.28. The van der Waals surface area contributed by atoms with Crippen LogP contribution in [-0.4, -0.2) is 26.9 Å². The Bertz CT molecular complexity index is 1190. The van der Waals surface area contributed by atoms with E-state index in [1.807, 2.05) is 18.2 Å². The van der Waals surface area contributed by atoms with Crippen molar-refractivity contribution >= 4 is 5.91 Å². The van der Waals surface area contributed by atoms with Gasteiger partial charge in [-0.1, -0.05) is 36.4 Å². The molecule has 0 bridgehead atoms. The predicted molar refractivity (Wildman–Crippen MR) is 116 cm³/mol. The maximum atomic E-state index is 13.8. The summed E-state index contributed by atoms with van der Waals surface area (Å²) in [4.78, 5) is 32.3. The Labute approximate surface area is 184 Å². The highest BCUT2D eigenvalue weighted by Gasteiger charge is 2.23. The largest absolute Gasteiger partial charge is 0.350 e. The summed E-state index contributed by atoms with van der Waals surface area (Å²) in [6.45, 7) is 3.40. The molecule has 6 nitrogen and oxygen atoms in total. The van der Waals surface area contributed by atoms with Crippen LogP contribution in [0.2, 0.25) is 0 Å². The second-order valence-electron chi connectivity index (χ2n) is 7.93. The van der Waals surface area contributed by atoms with Gasteiger partial charge in [0.1, 0.15) is 24.0 Å². The lowest BCUT2D eigenvalue weighted by atomic mass is 10.1. The van der Waals surface area contributed by atoms with Crippen molar-refractivity contribution in [3.8, 4) is 0 Å². The van der Waals surface area contributed by atoms with E-state index in [0.29, 0.717) is 24.4 Å². The Hall–Kier alpha value is -3.39. The molecule has 166 valence electrons. The highest BCUT2D eigenvalue weighted by atomic mass is 19.1. The molecule has 1 aliphatic rings. The number of benzene rings is 2. The number of carbonyl (C=O) groups is 1. The van der Waals surface area contributed by atoms with E-state index in [1.165, 1.54) is 16.2 Å². The van der Waals surface area contributed by atoms with Crippen molar-refractivity contribution in [2.75, 3.05) is 6.54 Å². The number of rotatable bonds is 6. The maximum absolute atomic E-state index is 13.8. The number of aromatic nitrogens is 2. The van der Waals surface area contributed by atoms with Crippen molar-refractivity contribution in [1.82, 2.24) is 19.8 Å². The average molecular weight is 438 g/mol.